The number of nitrogens with zero attached hydrogens (tertiary/aromatic N) is 3. The van der Waals surface area contributed by atoms with Crippen molar-refractivity contribution in [3.63, 3.8) is 0 Å². The van der Waals surface area contributed by atoms with Crippen molar-refractivity contribution in [2.75, 3.05) is 13.7 Å². The number of carbonyl (C=O) groups excluding carboxylic acids is 1. The van der Waals surface area contributed by atoms with Gasteiger partial charge in [0.15, 0.2) is 5.84 Å². The number of methoxy groups -OCH3 is 1. The molecule has 0 atom stereocenters. The molecule has 28 heavy (non-hydrogen) atoms. The van der Waals surface area contributed by atoms with E-state index in [9.17, 15) is 4.79 Å². The van der Waals surface area contributed by atoms with Gasteiger partial charge in [-0.3, -0.25) is 9.69 Å². The number of aryl methyl sites for hydroxylation is 1. The Morgan fingerprint density at radius 2 is 1.86 bits per heavy atom. The lowest BCUT2D eigenvalue weighted by Gasteiger charge is -2.33. The van der Waals surface area contributed by atoms with Crippen molar-refractivity contribution >= 4 is 33.9 Å². The fourth-order valence-electron chi connectivity index (χ4n) is 4.13. The van der Waals surface area contributed by atoms with Gasteiger partial charge in [0.25, 0.3) is 5.91 Å². The Balaban J connectivity index is 1.66. The van der Waals surface area contributed by atoms with Crippen molar-refractivity contribution in [2.45, 2.75) is 38.5 Å². The number of ether oxygens (including phenoxy) is 1. The summed E-state index contributed by atoms with van der Waals surface area (Å²) in [4.78, 5) is 20.5. The third kappa shape index (κ3) is 2.90. The highest BCUT2D eigenvalue weighted by Crippen LogP contribution is 2.42. The number of carbonyl (C=O) groups is 1. The summed E-state index contributed by atoms with van der Waals surface area (Å²) in [5.41, 5.74) is 6.14. The van der Waals surface area contributed by atoms with Gasteiger partial charge in [-0.2, -0.15) is 5.10 Å². The van der Waals surface area contributed by atoms with Gasteiger partial charge < -0.3 is 4.74 Å². The lowest BCUT2D eigenvalue weighted by Crippen LogP contribution is -2.50. The zero-order chi connectivity index (χ0) is 19.1. The molecule has 144 valence electrons. The number of amides is 1. The largest absolute Gasteiger partial charge is 0.497 e. The minimum Gasteiger partial charge on any atom is -0.497 e. The Labute approximate surface area is 167 Å². The van der Waals surface area contributed by atoms with Crippen LogP contribution in [0.15, 0.2) is 34.4 Å². The van der Waals surface area contributed by atoms with Crippen molar-refractivity contribution in [1.82, 2.24) is 10.3 Å². The lowest BCUT2D eigenvalue weighted by molar-refractivity contribution is -0.121. The second-order valence-corrected chi connectivity index (χ2v) is 8.40. The van der Waals surface area contributed by atoms with Crippen molar-refractivity contribution in [3.8, 4) is 5.75 Å². The van der Waals surface area contributed by atoms with E-state index in [0.29, 0.717) is 0 Å². The first-order valence-electron chi connectivity index (χ1n) is 9.76. The molecular weight excluding hydrogens is 372 g/mol. The van der Waals surface area contributed by atoms with Crippen molar-refractivity contribution in [3.05, 3.63) is 45.8 Å². The Kier molecular flexibility index (Phi) is 4.39. The van der Waals surface area contributed by atoms with Crippen LogP contribution in [0, 0.1) is 0 Å². The SMILES string of the molecule is COc1ccc(C2=Nc3sc4c(c3C3=NNC(=O)CN23)CCCCCC4)cc1. The molecule has 0 unspecified atom stereocenters. The van der Waals surface area contributed by atoms with Crippen LogP contribution in [-0.2, 0) is 17.6 Å². The molecule has 3 heterocycles. The molecule has 0 saturated carbocycles. The second-order valence-electron chi connectivity index (χ2n) is 7.32. The molecule has 7 heteroatoms. The second kappa shape index (κ2) is 7.05. The van der Waals surface area contributed by atoms with Crippen LogP contribution in [0.5, 0.6) is 5.75 Å². The first-order chi connectivity index (χ1) is 13.7. The van der Waals surface area contributed by atoms with Gasteiger partial charge in [-0.25, -0.2) is 10.4 Å². The molecule has 3 aliphatic rings. The van der Waals surface area contributed by atoms with Gasteiger partial charge >= 0.3 is 0 Å². The summed E-state index contributed by atoms with van der Waals surface area (Å²) in [6.45, 7) is 0.230. The summed E-state index contributed by atoms with van der Waals surface area (Å²) in [6.07, 6.45) is 7.18. The van der Waals surface area contributed by atoms with Gasteiger partial charge in [0.05, 0.1) is 12.7 Å². The highest BCUT2D eigenvalue weighted by molar-refractivity contribution is 7.16. The number of thiophene rings is 1. The molecule has 1 aromatic heterocycles. The first-order valence-corrected chi connectivity index (χ1v) is 10.6. The van der Waals surface area contributed by atoms with Crippen molar-refractivity contribution in [1.29, 1.82) is 0 Å². The molecule has 0 saturated heterocycles. The number of aliphatic imine (C=N–C) groups is 1. The van der Waals surface area contributed by atoms with E-state index in [1.54, 1.807) is 18.4 Å². The van der Waals surface area contributed by atoms with E-state index in [1.807, 2.05) is 29.2 Å². The van der Waals surface area contributed by atoms with Gasteiger partial charge in [-0.15, -0.1) is 11.3 Å². The van der Waals surface area contributed by atoms with E-state index in [1.165, 1.54) is 36.1 Å². The predicted molar refractivity (Wildman–Crippen MR) is 111 cm³/mol. The third-order valence-corrected chi connectivity index (χ3v) is 6.72. The van der Waals surface area contributed by atoms with Gasteiger partial charge in [0.1, 0.15) is 23.1 Å². The normalized spacial score (nSPS) is 18.6. The number of rotatable bonds is 2. The molecule has 0 bridgehead atoms. The van der Waals surface area contributed by atoms with Crippen molar-refractivity contribution < 1.29 is 9.53 Å². The van der Waals surface area contributed by atoms with Crippen LogP contribution < -0.4 is 10.2 Å². The van der Waals surface area contributed by atoms with E-state index in [4.69, 9.17) is 9.73 Å². The molecule has 0 spiro atoms. The highest BCUT2D eigenvalue weighted by atomic mass is 32.1. The summed E-state index contributed by atoms with van der Waals surface area (Å²) in [7, 11) is 1.65. The molecule has 0 radical (unpaired) electrons. The molecule has 1 N–H and O–H groups in total. The maximum Gasteiger partial charge on any atom is 0.260 e. The summed E-state index contributed by atoms with van der Waals surface area (Å²) in [6, 6.07) is 7.80. The quantitative estimate of drug-likeness (QED) is 0.846. The van der Waals surface area contributed by atoms with Gasteiger partial charge in [0, 0.05) is 10.4 Å². The first kappa shape index (κ1) is 17.4. The molecular formula is C21H22N4O2S. The Bertz CT molecular complexity index is 991. The van der Waals surface area contributed by atoms with Gasteiger partial charge in [-0.1, -0.05) is 12.8 Å². The van der Waals surface area contributed by atoms with Crippen LogP contribution in [0.2, 0.25) is 0 Å². The zero-order valence-corrected chi connectivity index (χ0v) is 16.6. The van der Waals surface area contributed by atoms with Crippen molar-refractivity contribution in [2.24, 2.45) is 10.1 Å². The predicted octanol–water partition coefficient (Wildman–Crippen LogP) is 3.60. The number of fused-ring (bicyclic) bond motifs is 5. The average molecular weight is 395 g/mol. The summed E-state index contributed by atoms with van der Waals surface area (Å²) in [5, 5.41) is 5.48. The molecule has 1 aliphatic carbocycles. The molecule has 5 rings (SSSR count). The van der Waals surface area contributed by atoms with Gasteiger partial charge in [0.2, 0.25) is 0 Å². The molecule has 6 nitrogen and oxygen atoms in total. The van der Waals surface area contributed by atoms with E-state index in [-0.39, 0.29) is 12.5 Å². The molecule has 2 aliphatic heterocycles. The third-order valence-electron chi connectivity index (χ3n) is 5.53. The molecule has 1 aromatic carbocycles. The van der Waals surface area contributed by atoms with Gasteiger partial charge in [-0.05, 0) is 55.5 Å². The van der Waals surface area contributed by atoms with E-state index >= 15 is 0 Å². The lowest BCUT2D eigenvalue weighted by atomic mass is 9.95. The Morgan fingerprint density at radius 3 is 2.64 bits per heavy atom. The number of nitrogens with one attached hydrogen (secondary N) is 1. The maximum absolute atomic E-state index is 12.1. The number of benzene rings is 1. The minimum absolute atomic E-state index is 0.119. The van der Waals surface area contributed by atoms with Crippen LogP contribution in [0.25, 0.3) is 0 Å². The number of hydrazone groups is 1. The topological polar surface area (TPSA) is 66.3 Å². The Morgan fingerprint density at radius 1 is 1.07 bits per heavy atom. The summed E-state index contributed by atoms with van der Waals surface area (Å²) in [5.74, 6) is 2.28. The fourth-order valence-corrected chi connectivity index (χ4v) is 5.38. The molecule has 0 fully saturated rings. The van der Waals surface area contributed by atoms with Crippen LogP contribution >= 0.6 is 11.3 Å². The van der Waals surface area contributed by atoms with Crippen LogP contribution in [0.4, 0.5) is 5.00 Å². The van der Waals surface area contributed by atoms with Crippen LogP contribution in [0.3, 0.4) is 0 Å². The highest BCUT2D eigenvalue weighted by Gasteiger charge is 2.36. The fraction of sp³-hybridized carbons (Fsp3) is 0.381. The average Bonchev–Trinajstić information content (AvgIpc) is 3.03. The Hall–Kier alpha value is -2.67. The van der Waals surface area contributed by atoms with E-state index in [2.05, 4.69) is 10.5 Å². The number of hydrogen-bond donors (Lipinski definition) is 1. The zero-order valence-electron chi connectivity index (χ0n) is 15.8. The summed E-state index contributed by atoms with van der Waals surface area (Å²) >= 11 is 1.79. The molecule has 2 aromatic rings. The number of amidine groups is 2. The summed E-state index contributed by atoms with van der Waals surface area (Å²) < 4.78 is 5.28. The van der Waals surface area contributed by atoms with E-state index < -0.39 is 0 Å². The number of hydrogen-bond acceptors (Lipinski definition) is 6. The van der Waals surface area contributed by atoms with Crippen LogP contribution in [0.1, 0.15) is 47.3 Å². The molecule has 1 amide bonds. The maximum atomic E-state index is 12.1. The van der Waals surface area contributed by atoms with E-state index in [0.717, 1.165) is 46.4 Å². The van der Waals surface area contributed by atoms with Crippen LogP contribution in [-0.4, -0.2) is 36.1 Å². The smallest absolute Gasteiger partial charge is 0.260 e. The minimum atomic E-state index is -0.119. The monoisotopic (exact) mass is 394 g/mol. The standard InChI is InChI=1S/C21H22N4O2S/c1-27-14-10-8-13(9-11-14)19-22-21-18(20-24-23-17(26)12-25(19)20)15-6-4-2-3-5-7-16(15)28-21/h8-11H,2-7,12H2,1H3,(H,23,26).